The van der Waals surface area contributed by atoms with Crippen LogP contribution in [-0.4, -0.2) is 133 Å². The Balaban J connectivity index is 0.000000466. The van der Waals surface area contributed by atoms with Gasteiger partial charge in [0, 0.05) is 58.1 Å². The minimum absolute atomic E-state index is 0. The van der Waals surface area contributed by atoms with E-state index in [9.17, 15) is 33.6 Å². The molecule has 3 aliphatic rings. The van der Waals surface area contributed by atoms with Crippen LogP contribution in [0.4, 0.5) is 24.0 Å². The summed E-state index contributed by atoms with van der Waals surface area (Å²) in [4.78, 5) is 89.6. The average Bonchev–Trinajstić information content (AvgIpc) is 0.852. The van der Waals surface area contributed by atoms with Crippen molar-refractivity contribution in [3.8, 4) is 0 Å². The first kappa shape index (κ1) is 92.4. The fourth-order valence-electron chi connectivity index (χ4n) is 11.3. The molecule has 23 heteroatoms. The normalized spacial score (nSPS) is 17.3. The van der Waals surface area contributed by atoms with Crippen LogP contribution in [0.3, 0.4) is 0 Å². The summed E-state index contributed by atoms with van der Waals surface area (Å²) in [7, 11) is 0. The van der Waals surface area contributed by atoms with Crippen molar-refractivity contribution in [2.45, 2.75) is 219 Å². The van der Waals surface area contributed by atoms with Gasteiger partial charge in [-0.2, -0.15) is 0 Å². The van der Waals surface area contributed by atoms with E-state index in [-0.39, 0.29) is 83.8 Å². The van der Waals surface area contributed by atoms with Crippen molar-refractivity contribution in [2.24, 2.45) is 16.5 Å². The van der Waals surface area contributed by atoms with E-state index in [1.807, 2.05) is 139 Å². The molecule has 0 aliphatic carbocycles. The summed E-state index contributed by atoms with van der Waals surface area (Å²) in [5.41, 5.74) is 15.8. The Morgan fingerprint density at radius 1 is 0.495 bits per heavy atom. The number of ketones is 2. The van der Waals surface area contributed by atoms with E-state index in [2.05, 4.69) is 78.6 Å². The van der Waals surface area contributed by atoms with Crippen LogP contribution < -0.4 is 48.7 Å². The van der Waals surface area contributed by atoms with E-state index < -0.39 is 52.8 Å². The van der Waals surface area contributed by atoms with Crippen molar-refractivity contribution in [3.05, 3.63) is 223 Å². The largest absolute Gasteiger partial charge is 0.445 e. The molecule has 9 rings (SSSR count). The number of carbonyl (C=O) groups is 7. The second kappa shape index (κ2) is 47.8. The molecule has 6 aromatic carbocycles. The molecule has 6 aromatic rings. The number of benzene rings is 6. The number of Topliss-reactive ketones (excluding diaryl/α,β-unsaturated/α-hetero) is 2. The van der Waals surface area contributed by atoms with Crippen molar-refractivity contribution < 1.29 is 79.1 Å². The van der Waals surface area contributed by atoms with Crippen LogP contribution in [0.15, 0.2) is 187 Å². The Labute approximate surface area is 651 Å². The number of aliphatic imine (C=N–C) groups is 1. The molecule has 2 saturated heterocycles. The molecule has 0 aromatic heterocycles. The minimum atomic E-state index is -0.764. The number of alkyl carbamates (subject to hydrolysis) is 5. The van der Waals surface area contributed by atoms with Gasteiger partial charge < -0.3 is 79.8 Å². The maximum atomic E-state index is 12.9. The van der Waals surface area contributed by atoms with E-state index in [0.29, 0.717) is 55.9 Å². The molecule has 590 valence electrons. The zero-order valence-corrected chi connectivity index (χ0v) is 66.5. The Bertz CT molecular complexity index is 3580. The topological polar surface area (TPSA) is 314 Å². The van der Waals surface area contributed by atoms with E-state index >= 15 is 0 Å². The molecule has 22 nitrogen and oxygen atoms in total. The third-order valence-electron chi connectivity index (χ3n) is 16.0. The Hall–Kier alpha value is -8.82. The van der Waals surface area contributed by atoms with Gasteiger partial charge in [-0.3, -0.25) is 14.6 Å². The fraction of sp³-hybridized carbons (Fsp3) is 0.464. The molecule has 0 bridgehead atoms. The third-order valence-corrected chi connectivity index (χ3v) is 16.0. The van der Waals surface area contributed by atoms with Gasteiger partial charge in [-0.05, 0) is 189 Å². The van der Waals surface area contributed by atoms with Gasteiger partial charge in [0.1, 0.15) is 29.0 Å². The first-order valence-corrected chi connectivity index (χ1v) is 36.6. The van der Waals surface area contributed by atoms with Crippen LogP contribution in [0.2, 0.25) is 0 Å². The van der Waals surface area contributed by atoms with Crippen molar-refractivity contribution in [2.75, 3.05) is 32.7 Å². The van der Waals surface area contributed by atoms with Gasteiger partial charge in [-0.1, -0.05) is 182 Å². The van der Waals surface area contributed by atoms with Gasteiger partial charge in [-0.25, -0.2) is 24.0 Å². The standard InChI is InChI=1S/C24H30N2O5.C16H24N2O3.C16H24N2O2.C16H22N2O2.C11H16N2.CH3.Pd.H2/c1-24(2,3)31-23(29)26-20(21(27)19-13-8-5-9-14-19)15-10-16-25-22(28)30-17-18-11-6-4-7-12-18;1-16(2,3)21-15(20)18-13(10-7-11-17)14(19)12-8-5-4-6-9-12;2*1-16(2,3)20-15(19)18-13-10-7-11-17-14(13)12-8-5-4-6-9-12;12-10-7-4-8-13-11(10)9-5-2-1-3-6-9;;;/h4-9,11-14,20H,10,15-17H2,1-3H3,(H,25,28)(H,26,29);4-6,8-9,13H,7,10-11,17H2,1-3H3,(H,18,20);4-6,8-9,13-14,17H,7,10-11H2,1-3H3,(H,18,19);4-6,8-9,13H,7,10-11H2,1-3H3,(H,18,19);1-3,5-6,10-11,13H,4,7-8,12H2;1H3;;1H/q;;;;;-1;;/t20-;13-;13-,14-;;10-,11-;;;/m000.0.../s1. The third kappa shape index (κ3) is 38.0. The number of ether oxygens (including phenoxy) is 5. The first-order chi connectivity index (χ1) is 49.9. The predicted molar refractivity (Wildman–Crippen MR) is 423 cm³/mol. The van der Waals surface area contributed by atoms with E-state index in [4.69, 9.17) is 35.2 Å². The molecule has 2 fully saturated rings. The van der Waals surface area contributed by atoms with E-state index in [1.165, 1.54) is 17.5 Å². The van der Waals surface area contributed by atoms with Crippen LogP contribution >= 0.6 is 0 Å². The smallest absolute Gasteiger partial charge is 0.408 e. The summed E-state index contributed by atoms with van der Waals surface area (Å²) < 4.78 is 26.3. The molecule has 0 radical (unpaired) electrons. The van der Waals surface area contributed by atoms with E-state index in [0.717, 1.165) is 68.6 Å². The summed E-state index contributed by atoms with van der Waals surface area (Å²) in [6.45, 7) is 25.7. The molecule has 1 unspecified atom stereocenters. The van der Waals surface area contributed by atoms with Gasteiger partial charge in [0.15, 0.2) is 11.6 Å². The maximum absolute atomic E-state index is 12.9. The van der Waals surface area contributed by atoms with E-state index in [1.54, 1.807) is 90.1 Å². The summed E-state index contributed by atoms with van der Waals surface area (Å²) in [5, 5.41) is 20.8. The van der Waals surface area contributed by atoms with Crippen LogP contribution in [0.25, 0.3) is 0 Å². The van der Waals surface area contributed by atoms with Crippen molar-refractivity contribution in [3.63, 3.8) is 0 Å². The molecule has 0 saturated carbocycles. The second-order valence-corrected chi connectivity index (χ2v) is 29.8. The second-order valence-electron chi connectivity index (χ2n) is 29.8. The number of nitrogens with two attached hydrogens (primary N) is 2. The minimum Gasteiger partial charge on any atom is -0.445 e. The van der Waals surface area contributed by atoms with Crippen LogP contribution in [0, 0.1) is 7.43 Å². The molecule has 107 heavy (non-hydrogen) atoms. The summed E-state index contributed by atoms with van der Waals surface area (Å²) in [6, 6.07) is 57.1. The molecule has 3 heterocycles. The number of piperidine rings is 2. The fourth-order valence-corrected chi connectivity index (χ4v) is 11.3. The number of rotatable bonds is 20. The Kier molecular flexibility index (Phi) is 41.2. The van der Waals surface area contributed by atoms with Crippen molar-refractivity contribution in [1.29, 1.82) is 0 Å². The quantitative estimate of drug-likeness (QED) is 0.0113. The molecule has 0 spiro atoms. The summed E-state index contributed by atoms with van der Waals surface area (Å²) >= 11 is 0. The number of hydrogen-bond donors (Lipinski definition) is 9. The van der Waals surface area contributed by atoms with Crippen LogP contribution in [0.5, 0.6) is 0 Å². The number of nitrogens with zero attached hydrogens (tertiary/aromatic N) is 1. The summed E-state index contributed by atoms with van der Waals surface area (Å²) in [5.74, 6) is -0.340. The van der Waals surface area contributed by atoms with Gasteiger partial charge in [0.2, 0.25) is 0 Å². The van der Waals surface area contributed by atoms with Gasteiger partial charge in [0.25, 0.3) is 0 Å². The van der Waals surface area contributed by atoms with Crippen molar-refractivity contribution >= 4 is 47.7 Å². The number of hydrogen-bond acceptors (Lipinski definition) is 17. The molecule has 7 atom stereocenters. The van der Waals surface area contributed by atoms with Crippen LogP contribution in [-0.2, 0) is 50.7 Å². The summed E-state index contributed by atoms with van der Waals surface area (Å²) in [6.07, 6.45) is 5.69. The van der Waals surface area contributed by atoms with Gasteiger partial charge in [-0.15, -0.1) is 0 Å². The Morgan fingerprint density at radius 2 is 0.897 bits per heavy atom. The maximum Gasteiger partial charge on any atom is 0.408 e. The Morgan fingerprint density at radius 3 is 1.36 bits per heavy atom. The zero-order chi connectivity index (χ0) is 76.8. The molecule has 3 aliphatic heterocycles. The van der Waals surface area contributed by atoms with Crippen molar-refractivity contribution in [1.82, 2.24) is 37.2 Å². The molecular weight excluding hydrogens is 1450 g/mol. The van der Waals surface area contributed by atoms with Gasteiger partial charge in [0.05, 0.1) is 35.9 Å². The monoisotopic (exact) mass is 1570 g/mol. The molecular formula is C84H121N10O12Pd-. The predicted octanol–water partition coefficient (Wildman–Crippen LogP) is 15.3. The number of amides is 5. The zero-order valence-electron chi connectivity index (χ0n) is 65.0. The number of carbonyl (C=O) groups excluding carboxylic acids is 7. The average molecular weight is 1570 g/mol. The SMILES string of the molecule is CC(C)(C)OC(=O)NC1CCCN=C1c1ccccc1.CC(C)(C)OC(=O)N[C@@H](CCCN)C(=O)c1ccccc1.CC(C)(C)OC(=O)N[C@@H](CCCNC(=O)OCc1ccccc1)C(=O)c1ccccc1.CC(C)(C)OC(=O)N[C@H]1CCCN[C@H]1c1ccccc1.N[C@H]1CCCN[C@H]1c1ccccc1.[CH3-].[HH].[Pd]. The first-order valence-electron chi connectivity index (χ1n) is 36.6. The molecule has 5 amide bonds. The van der Waals surface area contributed by atoms with Gasteiger partial charge >= 0.3 is 30.5 Å². The molecule has 11 N–H and O–H groups in total. The van der Waals surface area contributed by atoms with Crippen LogP contribution in [0.1, 0.15) is 204 Å². The number of nitrogens with one attached hydrogen (secondary N) is 7.